The maximum absolute atomic E-state index is 12.6. The first-order valence-electron chi connectivity index (χ1n) is 7.60. The van der Waals surface area contributed by atoms with Crippen LogP contribution >= 0.6 is 0 Å². The van der Waals surface area contributed by atoms with Crippen molar-refractivity contribution in [1.29, 1.82) is 5.26 Å². The molecule has 0 unspecified atom stereocenters. The van der Waals surface area contributed by atoms with E-state index >= 15 is 0 Å². The van der Waals surface area contributed by atoms with Crippen molar-refractivity contribution in [2.75, 3.05) is 11.9 Å². The van der Waals surface area contributed by atoms with Gasteiger partial charge in [0.05, 0.1) is 5.56 Å². The van der Waals surface area contributed by atoms with Gasteiger partial charge >= 0.3 is 12.1 Å². The first-order chi connectivity index (χ1) is 12.8. The Bertz CT molecular complexity index is 900. The molecule has 0 aliphatic carbocycles. The third-order valence-corrected chi connectivity index (χ3v) is 3.26. The van der Waals surface area contributed by atoms with E-state index in [1.54, 1.807) is 36.4 Å². The number of alkyl halides is 3. The minimum atomic E-state index is -4.54. The van der Waals surface area contributed by atoms with Gasteiger partial charge in [-0.3, -0.25) is 4.79 Å². The molecule has 0 bridgehead atoms. The molecule has 5 nitrogen and oxygen atoms in total. The molecular formula is C19H13F3N2O3. The Kier molecular flexibility index (Phi) is 6.33. The highest BCUT2D eigenvalue weighted by Crippen LogP contribution is 2.30. The van der Waals surface area contributed by atoms with Crippen LogP contribution in [0.2, 0.25) is 0 Å². The summed E-state index contributed by atoms with van der Waals surface area (Å²) >= 11 is 0. The summed E-state index contributed by atoms with van der Waals surface area (Å²) in [6.07, 6.45) is -3.25. The molecule has 1 N–H and O–H groups in total. The van der Waals surface area contributed by atoms with E-state index in [0.717, 1.165) is 18.2 Å². The van der Waals surface area contributed by atoms with E-state index in [9.17, 15) is 22.8 Å². The number of hydrogen-bond donors (Lipinski definition) is 1. The predicted octanol–water partition coefficient (Wildman–Crippen LogP) is 3.79. The number of rotatable bonds is 5. The zero-order valence-electron chi connectivity index (χ0n) is 13.8. The molecule has 2 rings (SSSR count). The summed E-state index contributed by atoms with van der Waals surface area (Å²) < 4.78 is 42.7. The average molecular weight is 374 g/mol. The van der Waals surface area contributed by atoms with Crippen molar-refractivity contribution in [3.05, 3.63) is 71.3 Å². The van der Waals surface area contributed by atoms with Crippen LogP contribution in [0, 0.1) is 11.3 Å². The fraction of sp³-hybridized carbons (Fsp3) is 0.105. The SMILES string of the molecule is N#C/C(=C\c1ccccc1)C(=O)OCC(=O)Nc1cccc(C(F)(F)F)c1. The number of ether oxygens (including phenoxy) is 1. The molecule has 138 valence electrons. The zero-order chi connectivity index (χ0) is 19.9. The lowest BCUT2D eigenvalue weighted by molar-refractivity contribution is -0.142. The largest absolute Gasteiger partial charge is 0.451 e. The van der Waals surface area contributed by atoms with E-state index in [-0.39, 0.29) is 11.3 Å². The Labute approximate surface area is 152 Å². The van der Waals surface area contributed by atoms with E-state index in [4.69, 9.17) is 10.00 Å². The summed E-state index contributed by atoms with van der Waals surface area (Å²) in [6, 6.07) is 14.3. The summed E-state index contributed by atoms with van der Waals surface area (Å²) in [6.45, 7) is -0.747. The number of amides is 1. The number of hydrogen-bond acceptors (Lipinski definition) is 4. The highest BCUT2D eigenvalue weighted by Gasteiger charge is 2.30. The molecule has 0 aromatic heterocycles. The summed E-state index contributed by atoms with van der Waals surface area (Å²) in [4.78, 5) is 23.7. The molecule has 2 aromatic rings. The number of carbonyl (C=O) groups excluding carboxylic acids is 2. The molecule has 0 aliphatic rings. The number of nitrogens with one attached hydrogen (secondary N) is 1. The van der Waals surface area contributed by atoms with Crippen LogP contribution in [0.4, 0.5) is 18.9 Å². The smallest absolute Gasteiger partial charge is 0.416 e. The van der Waals surface area contributed by atoms with Gasteiger partial charge in [-0.2, -0.15) is 18.4 Å². The van der Waals surface area contributed by atoms with Crippen molar-refractivity contribution in [2.24, 2.45) is 0 Å². The van der Waals surface area contributed by atoms with Crippen molar-refractivity contribution in [2.45, 2.75) is 6.18 Å². The molecule has 0 atom stereocenters. The molecule has 0 saturated carbocycles. The molecule has 0 saturated heterocycles. The van der Waals surface area contributed by atoms with Gasteiger partial charge in [0.25, 0.3) is 5.91 Å². The van der Waals surface area contributed by atoms with Crippen LogP contribution in [0.1, 0.15) is 11.1 Å². The number of nitriles is 1. The zero-order valence-corrected chi connectivity index (χ0v) is 13.8. The third-order valence-electron chi connectivity index (χ3n) is 3.26. The van der Waals surface area contributed by atoms with Crippen LogP contribution in [0.15, 0.2) is 60.2 Å². The predicted molar refractivity (Wildman–Crippen MR) is 91.1 cm³/mol. The fourth-order valence-corrected chi connectivity index (χ4v) is 2.03. The topological polar surface area (TPSA) is 79.2 Å². The lowest BCUT2D eigenvalue weighted by Crippen LogP contribution is -2.21. The molecule has 0 radical (unpaired) electrons. The second kappa shape index (κ2) is 8.67. The Morgan fingerprint density at radius 2 is 1.81 bits per heavy atom. The van der Waals surface area contributed by atoms with Crippen LogP contribution in [-0.4, -0.2) is 18.5 Å². The molecule has 0 spiro atoms. The number of benzene rings is 2. The average Bonchev–Trinajstić information content (AvgIpc) is 2.64. The van der Waals surface area contributed by atoms with E-state index in [0.29, 0.717) is 5.56 Å². The molecule has 0 aliphatic heterocycles. The van der Waals surface area contributed by atoms with Crippen molar-refractivity contribution >= 4 is 23.6 Å². The van der Waals surface area contributed by atoms with Gasteiger partial charge in [-0.1, -0.05) is 36.4 Å². The number of nitrogens with zero attached hydrogens (tertiary/aromatic N) is 1. The monoisotopic (exact) mass is 374 g/mol. The van der Waals surface area contributed by atoms with Crippen LogP contribution in [0.5, 0.6) is 0 Å². The number of esters is 1. The molecule has 0 fully saturated rings. The first kappa shape index (κ1) is 19.7. The molecule has 1 amide bonds. The maximum Gasteiger partial charge on any atom is 0.416 e. The Morgan fingerprint density at radius 3 is 2.44 bits per heavy atom. The van der Waals surface area contributed by atoms with Gasteiger partial charge in [0.15, 0.2) is 6.61 Å². The van der Waals surface area contributed by atoms with Gasteiger partial charge in [0.1, 0.15) is 11.6 Å². The Hall–Kier alpha value is -3.60. The van der Waals surface area contributed by atoms with Crippen molar-refractivity contribution in [1.82, 2.24) is 0 Å². The molecular weight excluding hydrogens is 361 g/mol. The minimum Gasteiger partial charge on any atom is -0.451 e. The molecule has 2 aromatic carbocycles. The van der Waals surface area contributed by atoms with E-state index in [2.05, 4.69) is 5.32 Å². The summed E-state index contributed by atoms with van der Waals surface area (Å²) in [5.41, 5.74) is -0.728. The van der Waals surface area contributed by atoms with Crippen LogP contribution in [0.25, 0.3) is 6.08 Å². The summed E-state index contributed by atoms with van der Waals surface area (Å²) in [7, 11) is 0. The second-order valence-electron chi connectivity index (χ2n) is 5.28. The van der Waals surface area contributed by atoms with Crippen molar-refractivity contribution in [3.8, 4) is 6.07 Å². The lowest BCUT2D eigenvalue weighted by atomic mass is 10.1. The van der Waals surface area contributed by atoms with Gasteiger partial charge in [-0.05, 0) is 29.8 Å². The lowest BCUT2D eigenvalue weighted by Gasteiger charge is -2.10. The van der Waals surface area contributed by atoms with Crippen molar-refractivity contribution < 1.29 is 27.5 Å². The normalized spacial score (nSPS) is 11.4. The Morgan fingerprint density at radius 1 is 1.11 bits per heavy atom. The van der Waals surface area contributed by atoms with Gasteiger partial charge in [-0.25, -0.2) is 4.79 Å². The van der Waals surface area contributed by atoms with E-state index in [1.807, 2.05) is 0 Å². The quantitative estimate of drug-likeness (QED) is 0.491. The highest BCUT2D eigenvalue weighted by atomic mass is 19.4. The Balaban J connectivity index is 1.96. The molecule has 0 heterocycles. The first-order valence-corrected chi connectivity index (χ1v) is 7.60. The third kappa shape index (κ3) is 6.01. The number of carbonyl (C=O) groups is 2. The van der Waals surface area contributed by atoms with E-state index in [1.165, 1.54) is 12.1 Å². The standard InChI is InChI=1S/C19H13F3N2O3/c20-19(21,22)15-7-4-8-16(10-15)24-17(25)12-27-18(26)14(11-23)9-13-5-2-1-3-6-13/h1-10H,12H2,(H,24,25)/b14-9+. The van der Waals surface area contributed by atoms with Gasteiger partial charge < -0.3 is 10.1 Å². The minimum absolute atomic E-state index is 0.0915. The molecule has 27 heavy (non-hydrogen) atoms. The maximum atomic E-state index is 12.6. The summed E-state index contributed by atoms with van der Waals surface area (Å²) in [5, 5.41) is 11.2. The van der Waals surface area contributed by atoms with Gasteiger partial charge in [-0.15, -0.1) is 0 Å². The number of anilines is 1. The number of halogens is 3. The highest BCUT2D eigenvalue weighted by molar-refractivity contribution is 6.00. The van der Waals surface area contributed by atoms with Crippen molar-refractivity contribution in [3.63, 3.8) is 0 Å². The van der Waals surface area contributed by atoms with Crippen LogP contribution in [0.3, 0.4) is 0 Å². The molecule has 8 heteroatoms. The van der Waals surface area contributed by atoms with Gasteiger partial charge in [0.2, 0.25) is 0 Å². The fourth-order valence-electron chi connectivity index (χ4n) is 2.03. The van der Waals surface area contributed by atoms with E-state index < -0.39 is 30.2 Å². The second-order valence-corrected chi connectivity index (χ2v) is 5.28. The van der Waals surface area contributed by atoms with Gasteiger partial charge in [0, 0.05) is 5.69 Å². The van der Waals surface area contributed by atoms with Crippen LogP contribution in [-0.2, 0) is 20.5 Å². The van der Waals surface area contributed by atoms with Crippen LogP contribution < -0.4 is 5.32 Å². The summed E-state index contributed by atoms with van der Waals surface area (Å²) in [5.74, 6) is -1.85.